The quantitative estimate of drug-likeness (QED) is 0.192. The average Bonchev–Trinajstić information content (AvgIpc) is 3.50. The number of nitrogens with one attached hydrogen (secondary N) is 3. The molecule has 0 atom stereocenters. The van der Waals surface area contributed by atoms with Crippen LogP contribution >= 0.6 is 0 Å². The number of amides is 1. The van der Waals surface area contributed by atoms with Gasteiger partial charge in [0.25, 0.3) is 5.91 Å². The van der Waals surface area contributed by atoms with Gasteiger partial charge in [0.05, 0.1) is 11.7 Å². The minimum atomic E-state index is -0.585. The summed E-state index contributed by atoms with van der Waals surface area (Å²) in [7, 11) is 0. The zero-order chi connectivity index (χ0) is 28.8. The number of hydrogen-bond donors (Lipinski definition) is 3. The van der Waals surface area contributed by atoms with Gasteiger partial charge in [0.2, 0.25) is 0 Å². The first-order valence-electron chi connectivity index (χ1n) is 13.2. The van der Waals surface area contributed by atoms with Crippen LogP contribution in [0.2, 0.25) is 0 Å². The van der Waals surface area contributed by atoms with Crippen molar-refractivity contribution in [2.24, 2.45) is 0 Å². The molecule has 9 nitrogen and oxygen atoms in total. The third-order valence-corrected chi connectivity index (χ3v) is 5.97. The number of halogens is 1. The monoisotopic (exact) mass is 554 g/mol. The van der Waals surface area contributed by atoms with E-state index in [4.69, 9.17) is 19.4 Å². The zero-order valence-corrected chi connectivity index (χ0v) is 23.1. The number of benzene rings is 3. The summed E-state index contributed by atoms with van der Waals surface area (Å²) in [4.78, 5) is 21.8. The number of fused-ring (bicyclic) bond motifs is 1. The molecule has 3 N–H and O–H groups in total. The summed E-state index contributed by atoms with van der Waals surface area (Å²) in [6.45, 7) is 5.01. The highest BCUT2D eigenvalue weighted by Gasteiger charge is 2.15. The van der Waals surface area contributed by atoms with Gasteiger partial charge in [-0.2, -0.15) is 5.10 Å². The number of alkyl halides is 1. The van der Waals surface area contributed by atoms with Gasteiger partial charge in [-0.25, -0.2) is 14.4 Å². The number of H-pyrrole nitrogens is 1. The maximum absolute atomic E-state index is 12.7. The van der Waals surface area contributed by atoms with Crippen LogP contribution in [0, 0.1) is 0 Å². The maximum atomic E-state index is 12.7. The standard InChI is InChI=1S/C31H31FN6O3/c1-31(2,3)38-28(39)19-41-24-6-4-5-21(15-24)29-36-27-12-11-25(40-14-13-32)16-26(27)30(37-29)35-23-9-7-20(8-10-23)22-17-33-34-18-22/h4-12,15-18H,13-14,19H2,1-3H3,(H,33,34)(H,38,39)(H,35,36,37). The molecule has 5 rings (SSSR count). The SMILES string of the molecule is CC(C)(C)NC(=O)COc1cccc(-c2nc(Nc3ccc(-c4cn[nH]c4)cc3)c3cc(OCCF)ccc3n2)c1. The molecule has 0 spiro atoms. The van der Waals surface area contributed by atoms with E-state index in [0.717, 1.165) is 27.8 Å². The van der Waals surface area contributed by atoms with Crippen LogP contribution in [-0.2, 0) is 4.79 Å². The summed E-state index contributed by atoms with van der Waals surface area (Å²) in [5.41, 5.74) is 3.88. The molecular weight excluding hydrogens is 523 g/mol. The largest absolute Gasteiger partial charge is 0.491 e. The highest BCUT2D eigenvalue weighted by atomic mass is 19.1. The fraction of sp³-hybridized carbons (Fsp3) is 0.226. The fourth-order valence-electron chi connectivity index (χ4n) is 4.20. The lowest BCUT2D eigenvalue weighted by Crippen LogP contribution is -2.43. The van der Waals surface area contributed by atoms with E-state index in [1.54, 1.807) is 30.5 Å². The number of nitrogens with zero attached hydrogens (tertiary/aromatic N) is 3. The minimum absolute atomic E-state index is 0.0384. The van der Waals surface area contributed by atoms with Crippen LogP contribution in [-0.4, -0.2) is 51.5 Å². The predicted octanol–water partition coefficient (Wildman–Crippen LogP) is 6.07. The van der Waals surface area contributed by atoms with Crippen LogP contribution in [0.5, 0.6) is 11.5 Å². The fourth-order valence-corrected chi connectivity index (χ4v) is 4.20. The third kappa shape index (κ3) is 7.16. The van der Waals surface area contributed by atoms with Crippen molar-refractivity contribution in [3.8, 4) is 34.0 Å². The van der Waals surface area contributed by atoms with Gasteiger partial charge in [-0.05, 0) is 68.8 Å². The Morgan fingerprint density at radius 3 is 2.46 bits per heavy atom. The van der Waals surface area contributed by atoms with Crippen LogP contribution in [0.15, 0.2) is 79.1 Å². The summed E-state index contributed by atoms with van der Waals surface area (Å²) in [6.07, 6.45) is 3.60. The number of anilines is 2. The number of hydrogen-bond acceptors (Lipinski definition) is 7. The molecule has 0 aliphatic carbocycles. The van der Waals surface area contributed by atoms with Gasteiger partial charge in [0, 0.05) is 33.9 Å². The number of carbonyl (C=O) groups excluding carboxylic acids is 1. The Morgan fingerprint density at radius 1 is 0.927 bits per heavy atom. The Bertz CT molecular complexity index is 1630. The second-order valence-electron chi connectivity index (χ2n) is 10.4. The molecule has 0 radical (unpaired) electrons. The van der Waals surface area contributed by atoms with Crippen LogP contribution in [0.3, 0.4) is 0 Å². The molecule has 0 saturated heterocycles. The van der Waals surface area contributed by atoms with Crippen molar-refractivity contribution >= 4 is 28.3 Å². The van der Waals surface area contributed by atoms with Crippen LogP contribution < -0.4 is 20.1 Å². The van der Waals surface area contributed by atoms with Gasteiger partial charge in [-0.15, -0.1) is 0 Å². The van der Waals surface area contributed by atoms with Crippen molar-refractivity contribution in [2.45, 2.75) is 26.3 Å². The zero-order valence-electron chi connectivity index (χ0n) is 23.1. The molecular formula is C31H31FN6O3. The number of aromatic amines is 1. The second-order valence-corrected chi connectivity index (χ2v) is 10.4. The van der Waals surface area contributed by atoms with E-state index in [2.05, 4.69) is 20.8 Å². The molecule has 5 aromatic rings. The smallest absolute Gasteiger partial charge is 0.258 e. The van der Waals surface area contributed by atoms with Crippen LogP contribution in [0.25, 0.3) is 33.4 Å². The van der Waals surface area contributed by atoms with Crippen molar-refractivity contribution in [2.75, 3.05) is 25.2 Å². The Kier molecular flexibility index (Phi) is 8.09. The van der Waals surface area contributed by atoms with Crippen LogP contribution in [0.4, 0.5) is 15.9 Å². The summed E-state index contributed by atoms with van der Waals surface area (Å²) in [6, 6.07) is 20.5. The molecule has 2 heterocycles. The Morgan fingerprint density at radius 2 is 1.73 bits per heavy atom. The average molecular weight is 555 g/mol. The summed E-state index contributed by atoms with van der Waals surface area (Å²) in [5, 5.41) is 13.8. The molecule has 1 amide bonds. The van der Waals surface area contributed by atoms with Gasteiger partial charge in [0.1, 0.15) is 30.6 Å². The van der Waals surface area contributed by atoms with Crippen molar-refractivity contribution < 1.29 is 18.7 Å². The van der Waals surface area contributed by atoms with E-state index in [0.29, 0.717) is 28.7 Å². The molecule has 2 aromatic heterocycles. The van der Waals surface area contributed by atoms with Crippen molar-refractivity contribution in [1.82, 2.24) is 25.5 Å². The molecule has 0 bridgehead atoms. The summed E-state index contributed by atoms with van der Waals surface area (Å²) < 4.78 is 24.0. The number of ether oxygens (including phenoxy) is 2. The molecule has 0 unspecified atom stereocenters. The van der Waals surface area contributed by atoms with Gasteiger partial charge in [0.15, 0.2) is 12.4 Å². The Hall–Kier alpha value is -4.99. The van der Waals surface area contributed by atoms with E-state index in [9.17, 15) is 9.18 Å². The van der Waals surface area contributed by atoms with Gasteiger partial charge >= 0.3 is 0 Å². The molecule has 0 fully saturated rings. The molecule has 3 aromatic carbocycles. The number of aromatic nitrogens is 4. The Balaban J connectivity index is 1.46. The first kappa shape index (κ1) is 27.6. The second kappa shape index (κ2) is 12.0. The summed E-state index contributed by atoms with van der Waals surface area (Å²) in [5.74, 6) is 1.86. The van der Waals surface area contributed by atoms with Gasteiger partial charge in [-0.1, -0.05) is 24.3 Å². The first-order valence-corrected chi connectivity index (χ1v) is 13.2. The lowest BCUT2D eigenvalue weighted by molar-refractivity contribution is -0.124. The molecule has 0 aliphatic rings. The summed E-state index contributed by atoms with van der Waals surface area (Å²) >= 11 is 0. The van der Waals surface area contributed by atoms with Crippen molar-refractivity contribution in [3.63, 3.8) is 0 Å². The van der Waals surface area contributed by atoms with E-state index < -0.39 is 6.67 Å². The molecule has 0 saturated carbocycles. The lowest BCUT2D eigenvalue weighted by Gasteiger charge is -2.20. The van der Waals surface area contributed by atoms with Gasteiger partial charge in [-0.3, -0.25) is 9.89 Å². The van der Waals surface area contributed by atoms with E-state index >= 15 is 0 Å². The molecule has 41 heavy (non-hydrogen) atoms. The highest BCUT2D eigenvalue weighted by molar-refractivity contribution is 5.93. The van der Waals surface area contributed by atoms with E-state index in [-0.39, 0.29) is 24.7 Å². The van der Waals surface area contributed by atoms with Crippen LogP contribution in [0.1, 0.15) is 20.8 Å². The third-order valence-electron chi connectivity index (χ3n) is 5.97. The minimum Gasteiger partial charge on any atom is -0.491 e. The topological polar surface area (TPSA) is 114 Å². The van der Waals surface area contributed by atoms with Crippen molar-refractivity contribution in [1.29, 1.82) is 0 Å². The number of rotatable bonds is 10. The Labute approximate surface area is 237 Å². The number of carbonyl (C=O) groups is 1. The van der Waals surface area contributed by atoms with Gasteiger partial charge < -0.3 is 20.1 Å². The van der Waals surface area contributed by atoms with E-state index in [1.165, 1.54) is 0 Å². The molecule has 0 aliphatic heterocycles. The van der Waals surface area contributed by atoms with Crippen molar-refractivity contribution in [3.05, 3.63) is 79.1 Å². The highest BCUT2D eigenvalue weighted by Crippen LogP contribution is 2.32. The maximum Gasteiger partial charge on any atom is 0.258 e. The molecule has 210 valence electrons. The molecule has 10 heteroatoms. The predicted molar refractivity (Wildman–Crippen MR) is 157 cm³/mol. The first-order chi connectivity index (χ1) is 19.8. The normalized spacial score (nSPS) is 11.3. The van der Waals surface area contributed by atoms with E-state index in [1.807, 2.05) is 69.4 Å². The lowest BCUT2D eigenvalue weighted by atomic mass is 10.1.